The quantitative estimate of drug-likeness (QED) is 0.182. The van der Waals surface area contributed by atoms with Crippen molar-refractivity contribution < 1.29 is 112 Å². The third-order valence-electron chi connectivity index (χ3n) is 5.04. The Morgan fingerprint density at radius 2 is 1.06 bits per heavy atom. The molecule has 0 N–H and O–H groups in total. The predicted octanol–water partition coefficient (Wildman–Crippen LogP) is -5.50. The fourth-order valence-electron chi connectivity index (χ4n) is 3.36. The Morgan fingerprint density at radius 3 is 1.37 bits per heavy atom. The van der Waals surface area contributed by atoms with Crippen molar-refractivity contribution in [2.24, 2.45) is 9.98 Å². The van der Waals surface area contributed by atoms with Gasteiger partial charge in [0.2, 0.25) is 0 Å². The largest absolute Gasteiger partial charge is 2.00 e. The van der Waals surface area contributed by atoms with E-state index in [1.165, 1.54) is 12.4 Å². The third-order valence-corrected chi connectivity index (χ3v) is 6.71. The molecule has 2 aromatic rings. The van der Waals surface area contributed by atoms with Gasteiger partial charge < -0.3 is 19.3 Å². The summed E-state index contributed by atoms with van der Waals surface area (Å²) in [6, 6.07) is 5.01. The van der Waals surface area contributed by atoms with Crippen molar-refractivity contribution >= 4 is 32.7 Å². The molecule has 2 aromatic carbocycles. The summed E-state index contributed by atoms with van der Waals surface area (Å²) in [5, 5.41) is 24.0. The molecule has 0 aliphatic heterocycles. The molecule has 0 bridgehead atoms. The van der Waals surface area contributed by atoms with Crippen molar-refractivity contribution in [3.05, 3.63) is 47.5 Å². The molecule has 1 saturated carbocycles. The second-order valence-electron chi connectivity index (χ2n) is 7.28. The van der Waals surface area contributed by atoms with Crippen LogP contribution in [0.2, 0.25) is 0 Å². The molecule has 1 radical (unpaired) electrons. The first-order valence-electron chi connectivity index (χ1n) is 9.55. The van der Waals surface area contributed by atoms with E-state index >= 15 is 0 Å². The van der Waals surface area contributed by atoms with Gasteiger partial charge in [-0.3, -0.25) is 9.98 Å². The summed E-state index contributed by atoms with van der Waals surface area (Å²) in [4.78, 5) is 7.63. The topological polar surface area (TPSA) is 185 Å². The molecule has 2 unspecified atom stereocenters. The van der Waals surface area contributed by atoms with Gasteiger partial charge in [0.15, 0.2) is 0 Å². The SMILES string of the molecule is O=S(=O)([O-])c1ccc([O-])c(C=NC2CCCCC2N=Cc2cc(S(=O)(=O)[O-])ccc2[O-])c1.[Cu+2].[Na+].[Na+]. The van der Waals surface area contributed by atoms with Crippen molar-refractivity contribution in [1.82, 2.24) is 0 Å². The van der Waals surface area contributed by atoms with Crippen LogP contribution in [0.15, 0.2) is 56.2 Å². The molecule has 15 heteroatoms. The zero-order chi connectivity index (χ0) is 23.5. The van der Waals surface area contributed by atoms with Crippen LogP contribution in [-0.4, -0.2) is 50.5 Å². The molecule has 10 nitrogen and oxygen atoms in total. The molecule has 181 valence electrons. The number of rotatable bonds is 6. The van der Waals surface area contributed by atoms with E-state index < -0.39 is 41.5 Å². The van der Waals surface area contributed by atoms with Crippen molar-refractivity contribution in [3.63, 3.8) is 0 Å². The zero-order valence-corrected chi connectivity index (χ0v) is 25.5. The van der Waals surface area contributed by atoms with Gasteiger partial charge in [-0.25, -0.2) is 16.8 Å². The minimum atomic E-state index is -4.72. The number of benzene rings is 2. The van der Waals surface area contributed by atoms with Crippen LogP contribution in [0.25, 0.3) is 0 Å². The fourth-order valence-corrected chi connectivity index (χ4v) is 4.37. The molecule has 1 fully saturated rings. The van der Waals surface area contributed by atoms with E-state index in [0.717, 1.165) is 49.2 Å². The van der Waals surface area contributed by atoms with Gasteiger partial charge in [0.05, 0.1) is 21.9 Å². The van der Waals surface area contributed by atoms with Gasteiger partial charge in [0.1, 0.15) is 20.2 Å². The zero-order valence-electron chi connectivity index (χ0n) is 18.9. The Kier molecular flexibility index (Phi) is 14.5. The first-order chi connectivity index (χ1) is 14.9. The van der Waals surface area contributed by atoms with Gasteiger partial charge in [-0.1, -0.05) is 36.5 Å². The average Bonchev–Trinajstić information content (AvgIpc) is 2.71. The molecule has 0 aromatic heterocycles. The summed E-state index contributed by atoms with van der Waals surface area (Å²) in [5.74, 6) is -0.993. The van der Waals surface area contributed by atoms with E-state index in [4.69, 9.17) is 0 Å². The fraction of sp³-hybridized carbons (Fsp3) is 0.300. The Balaban J connectivity index is 0.00000385. The van der Waals surface area contributed by atoms with Gasteiger partial charge in [0.25, 0.3) is 0 Å². The Morgan fingerprint density at radius 1 is 0.714 bits per heavy atom. The van der Waals surface area contributed by atoms with Gasteiger partial charge in [-0.2, -0.15) is 0 Å². The Labute approximate surface area is 258 Å². The Bertz CT molecular complexity index is 1190. The van der Waals surface area contributed by atoms with Crippen molar-refractivity contribution in [3.8, 4) is 11.5 Å². The Hall–Kier alpha value is -0.281. The summed E-state index contributed by atoms with van der Waals surface area (Å²) in [6.45, 7) is 0. The van der Waals surface area contributed by atoms with Crippen LogP contribution in [0, 0.1) is 0 Å². The molecular formula is C20H18CuN2Na2O8S2. The molecule has 2 atom stereocenters. The maximum absolute atomic E-state index is 12.0. The van der Waals surface area contributed by atoms with Gasteiger partial charge in [0, 0.05) is 12.4 Å². The van der Waals surface area contributed by atoms with Crippen LogP contribution in [0.1, 0.15) is 36.8 Å². The third kappa shape index (κ3) is 9.84. The van der Waals surface area contributed by atoms with Crippen LogP contribution in [0.5, 0.6) is 11.5 Å². The minimum Gasteiger partial charge on any atom is -0.872 e. The maximum Gasteiger partial charge on any atom is 2.00 e. The second-order valence-corrected chi connectivity index (χ2v) is 10.0. The molecule has 1 aliphatic carbocycles. The number of hydrogen-bond acceptors (Lipinski definition) is 10. The average molecular weight is 588 g/mol. The van der Waals surface area contributed by atoms with E-state index in [1.807, 2.05) is 0 Å². The molecule has 1 aliphatic rings. The van der Waals surface area contributed by atoms with Crippen molar-refractivity contribution in [1.29, 1.82) is 0 Å². The first kappa shape index (κ1) is 34.7. The van der Waals surface area contributed by atoms with E-state index in [1.54, 1.807) is 0 Å². The standard InChI is InChI=1S/C20H22N2O8S2.Cu.2Na/c23-19-7-5-15(31(25,26)27)9-13(19)11-21-17-3-1-2-4-18(17)22-12-14-10-16(32(28,29)30)6-8-20(14)24;;;/h5-12,17-18,23-24H,1-4H2,(H,25,26,27)(H,28,29,30);;;/q;+2;2*+1/p-4. The van der Waals surface area contributed by atoms with Gasteiger partial charge >= 0.3 is 76.2 Å². The predicted molar refractivity (Wildman–Crippen MR) is 109 cm³/mol. The number of nitrogens with zero attached hydrogens (tertiary/aromatic N) is 2. The van der Waals surface area contributed by atoms with E-state index in [0.29, 0.717) is 12.8 Å². The first-order valence-corrected chi connectivity index (χ1v) is 12.4. The summed E-state index contributed by atoms with van der Waals surface area (Å²) in [7, 11) is -9.44. The summed E-state index contributed by atoms with van der Waals surface area (Å²) >= 11 is 0. The maximum atomic E-state index is 12.0. The molecule has 0 amide bonds. The molecule has 0 heterocycles. The molecule has 0 saturated heterocycles. The molecular weight excluding hydrogens is 570 g/mol. The van der Waals surface area contributed by atoms with Crippen LogP contribution in [-0.2, 0) is 37.3 Å². The van der Waals surface area contributed by atoms with Gasteiger partial charge in [-0.15, -0.1) is 0 Å². The molecule has 0 spiro atoms. The van der Waals surface area contributed by atoms with Crippen molar-refractivity contribution in [2.75, 3.05) is 0 Å². The summed E-state index contributed by atoms with van der Waals surface area (Å²) in [5.41, 5.74) is -0.101. The van der Waals surface area contributed by atoms with Crippen molar-refractivity contribution in [2.45, 2.75) is 47.6 Å². The van der Waals surface area contributed by atoms with Crippen LogP contribution < -0.4 is 69.3 Å². The monoisotopic (exact) mass is 587 g/mol. The number of aliphatic imine (C=N–C) groups is 2. The molecule has 35 heavy (non-hydrogen) atoms. The smallest absolute Gasteiger partial charge is 0.872 e. The van der Waals surface area contributed by atoms with Gasteiger partial charge in [-0.05, 0) is 48.2 Å². The molecule has 3 rings (SSSR count). The van der Waals surface area contributed by atoms with E-state index in [2.05, 4.69) is 9.98 Å². The van der Waals surface area contributed by atoms with Crippen LogP contribution >= 0.6 is 0 Å². The van der Waals surface area contributed by atoms with Crippen LogP contribution in [0.4, 0.5) is 0 Å². The van der Waals surface area contributed by atoms with E-state index in [9.17, 15) is 36.2 Å². The summed E-state index contributed by atoms with van der Waals surface area (Å²) in [6.07, 6.45) is 5.32. The summed E-state index contributed by atoms with van der Waals surface area (Å²) < 4.78 is 67.1. The second kappa shape index (κ2) is 14.6. The van der Waals surface area contributed by atoms with E-state index in [-0.39, 0.29) is 99.4 Å². The normalized spacial score (nSPS) is 18.5. The van der Waals surface area contributed by atoms with Crippen LogP contribution in [0.3, 0.4) is 0 Å². The number of hydrogen-bond donors (Lipinski definition) is 0. The minimum absolute atomic E-state index is 0.